The molecule has 1 unspecified atom stereocenters. The zero-order valence-electron chi connectivity index (χ0n) is 13.5. The molecule has 0 spiro atoms. The third-order valence-electron chi connectivity index (χ3n) is 4.48. The standard InChI is InChI=1S/C18H17F2N3OS/c19-14-5-4-12(9-15(14)20)10-23-7-2-1-3-16(23)18-22-21-17(24-18)13-6-8-25-11-13/h4-6,8-9,11,16H,1-3,7,10H2. The molecule has 0 amide bonds. The van der Waals surface area contributed by atoms with Crippen molar-refractivity contribution in [2.45, 2.75) is 31.8 Å². The maximum absolute atomic E-state index is 13.5. The molecule has 1 saturated heterocycles. The van der Waals surface area contributed by atoms with Gasteiger partial charge in [0.05, 0.1) is 6.04 Å². The Bertz CT molecular complexity index is 850. The van der Waals surface area contributed by atoms with Gasteiger partial charge in [-0.3, -0.25) is 4.90 Å². The summed E-state index contributed by atoms with van der Waals surface area (Å²) >= 11 is 1.58. The highest BCUT2D eigenvalue weighted by molar-refractivity contribution is 7.08. The van der Waals surface area contributed by atoms with Crippen LogP contribution in [0.1, 0.15) is 36.8 Å². The topological polar surface area (TPSA) is 42.2 Å². The quantitative estimate of drug-likeness (QED) is 0.669. The minimum absolute atomic E-state index is 0.00162. The van der Waals surface area contributed by atoms with Crippen molar-refractivity contribution < 1.29 is 13.2 Å². The van der Waals surface area contributed by atoms with E-state index in [9.17, 15) is 8.78 Å². The van der Waals surface area contributed by atoms with Crippen molar-refractivity contribution >= 4 is 11.3 Å². The van der Waals surface area contributed by atoms with Crippen molar-refractivity contribution in [3.05, 3.63) is 58.1 Å². The highest BCUT2D eigenvalue weighted by Crippen LogP contribution is 2.33. The van der Waals surface area contributed by atoms with Crippen LogP contribution in [0.4, 0.5) is 8.78 Å². The maximum atomic E-state index is 13.5. The van der Waals surface area contributed by atoms with Crippen LogP contribution < -0.4 is 0 Å². The number of piperidine rings is 1. The fraction of sp³-hybridized carbons (Fsp3) is 0.333. The summed E-state index contributed by atoms with van der Waals surface area (Å²) in [6.45, 7) is 1.39. The highest BCUT2D eigenvalue weighted by Gasteiger charge is 2.29. The van der Waals surface area contributed by atoms with Crippen molar-refractivity contribution in [2.75, 3.05) is 6.54 Å². The van der Waals surface area contributed by atoms with E-state index in [-0.39, 0.29) is 6.04 Å². The lowest BCUT2D eigenvalue weighted by molar-refractivity contribution is 0.118. The number of benzene rings is 1. The largest absolute Gasteiger partial charge is 0.419 e. The Morgan fingerprint density at radius 1 is 1.16 bits per heavy atom. The second-order valence-corrected chi connectivity index (χ2v) is 6.97. The van der Waals surface area contributed by atoms with Crippen LogP contribution in [0.15, 0.2) is 39.4 Å². The maximum Gasteiger partial charge on any atom is 0.248 e. The summed E-state index contributed by atoms with van der Waals surface area (Å²) in [6.07, 6.45) is 3.05. The molecule has 0 N–H and O–H groups in total. The molecule has 1 fully saturated rings. The van der Waals surface area contributed by atoms with E-state index in [4.69, 9.17) is 4.42 Å². The number of aromatic nitrogens is 2. The van der Waals surface area contributed by atoms with Crippen LogP contribution in [-0.4, -0.2) is 21.6 Å². The average Bonchev–Trinajstić information content (AvgIpc) is 3.30. The molecule has 0 aliphatic carbocycles. The molecular weight excluding hydrogens is 344 g/mol. The Kier molecular flexibility index (Phi) is 4.59. The van der Waals surface area contributed by atoms with E-state index in [1.165, 1.54) is 12.1 Å². The number of rotatable bonds is 4. The predicted octanol–water partition coefficient (Wildman–Crippen LogP) is 4.80. The van der Waals surface area contributed by atoms with Gasteiger partial charge < -0.3 is 4.42 Å². The van der Waals surface area contributed by atoms with Crippen LogP contribution >= 0.6 is 11.3 Å². The number of nitrogens with zero attached hydrogens (tertiary/aromatic N) is 3. The number of halogens is 2. The van der Waals surface area contributed by atoms with Gasteiger partial charge in [-0.15, -0.1) is 10.2 Å². The van der Waals surface area contributed by atoms with Gasteiger partial charge in [0.1, 0.15) is 0 Å². The molecule has 0 saturated carbocycles. The van der Waals surface area contributed by atoms with E-state index in [0.717, 1.165) is 36.9 Å². The molecule has 1 aliphatic rings. The molecule has 1 aromatic carbocycles. The summed E-state index contributed by atoms with van der Waals surface area (Å²) in [7, 11) is 0. The molecule has 2 aromatic heterocycles. The fourth-order valence-electron chi connectivity index (χ4n) is 3.20. The Hall–Kier alpha value is -2.12. The first kappa shape index (κ1) is 16.4. The van der Waals surface area contributed by atoms with E-state index in [0.29, 0.717) is 18.3 Å². The smallest absolute Gasteiger partial charge is 0.248 e. The van der Waals surface area contributed by atoms with Gasteiger partial charge in [0.2, 0.25) is 11.8 Å². The summed E-state index contributed by atoms with van der Waals surface area (Å²) in [6, 6.07) is 5.99. The molecule has 1 aliphatic heterocycles. The first-order chi connectivity index (χ1) is 12.2. The van der Waals surface area contributed by atoms with Gasteiger partial charge in [-0.2, -0.15) is 11.3 Å². The Labute approximate surface area is 148 Å². The van der Waals surface area contributed by atoms with Crippen molar-refractivity contribution in [3.63, 3.8) is 0 Å². The lowest BCUT2D eigenvalue weighted by Gasteiger charge is -2.33. The number of hydrogen-bond acceptors (Lipinski definition) is 5. The normalized spacial score (nSPS) is 18.6. The summed E-state index contributed by atoms with van der Waals surface area (Å²) in [5, 5.41) is 12.3. The van der Waals surface area contributed by atoms with Gasteiger partial charge in [-0.25, -0.2) is 8.78 Å². The number of thiophene rings is 1. The van der Waals surface area contributed by atoms with Crippen LogP contribution in [0.25, 0.3) is 11.5 Å². The van der Waals surface area contributed by atoms with Crippen molar-refractivity contribution in [2.24, 2.45) is 0 Å². The molecular formula is C18H17F2N3OS. The molecule has 1 atom stereocenters. The number of hydrogen-bond donors (Lipinski definition) is 0. The first-order valence-electron chi connectivity index (χ1n) is 8.24. The predicted molar refractivity (Wildman–Crippen MR) is 91.0 cm³/mol. The van der Waals surface area contributed by atoms with Gasteiger partial charge in [0, 0.05) is 17.5 Å². The van der Waals surface area contributed by atoms with Crippen LogP contribution in [-0.2, 0) is 6.54 Å². The second-order valence-electron chi connectivity index (χ2n) is 6.19. The summed E-state index contributed by atoms with van der Waals surface area (Å²) < 4.78 is 32.5. The number of likely N-dealkylation sites (tertiary alicyclic amines) is 1. The Morgan fingerprint density at radius 2 is 2.08 bits per heavy atom. The van der Waals surface area contributed by atoms with E-state index >= 15 is 0 Å². The molecule has 0 radical (unpaired) electrons. The van der Waals surface area contributed by atoms with Gasteiger partial charge in [-0.05, 0) is 48.5 Å². The zero-order valence-corrected chi connectivity index (χ0v) is 14.3. The van der Waals surface area contributed by atoms with Crippen molar-refractivity contribution in [3.8, 4) is 11.5 Å². The van der Waals surface area contributed by atoms with Crippen LogP contribution in [0.2, 0.25) is 0 Å². The lowest BCUT2D eigenvalue weighted by atomic mass is 10.0. The van der Waals surface area contributed by atoms with Crippen molar-refractivity contribution in [1.29, 1.82) is 0 Å². The van der Waals surface area contributed by atoms with E-state index in [1.807, 2.05) is 16.8 Å². The van der Waals surface area contributed by atoms with Gasteiger partial charge in [0.25, 0.3) is 0 Å². The second kappa shape index (κ2) is 7.01. The first-order valence-corrected chi connectivity index (χ1v) is 9.19. The fourth-order valence-corrected chi connectivity index (χ4v) is 3.83. The summed E-state index contributed by atoms with van der Waals surface area (Å²) in [4.78, 5) is 2.20. The van der Waals surface area contributed by atoms with Gasteiger partial charge >= 0.3 is 0 Å². The van der Waals surface area contributed by atoms with Crippen LogP contribution in [0.5, 0.6) is 0 Å². The lowest BCUT2D eigenvalue weighted by Crippen LogP contribution is -2.33. The van der Waals surface area contributed by atoms with E-state index in [1.54, 1.807) is 17.4 Å². The molecule has 3 heterocycles. The third-order valence-corrected chi connectivity index (χ3v) is 5.16. The monoisotopic (exact) mass is 361 g/mol. The van der Waals surface area contributed by atoms with Gasteiger partial charge in [-0.1, -0.05) is 12.5 Å². The van der Waals surface area contributed by atoms with E-state index in [2.05, 4.69) is 15.1 Å². The Balaban J connectivity index is 1.55. The molecule has 130 valence electrons. The molecule has 4 nitrogen and oxygen atoms in total. The highest BCUT2D eigenvalue weighted by atomic mass is 32.1. The molecule has 25 heavy (non-hydrogen) atoms. The molecule has 3 aromatic rings. The van der Waals surface area contributed by atoms with Crippen molar-refractivity contribution in [1.82, 2.24) is 15.1 Å². The molecule has 0 bridgehead atoms. The van der Waals surface area contributed by atoms with Crippen LogP contribution in [0.3, 0.4) is 0 Å². The van der Waals surface area contributed by atoms with Gasteiger partial charge in [0.15, 0.2) is 11.6 Å². The molecule has 4 rings (SSSR count). The average molecular weight is 361 g/mol. The summed E-state index contributed by atoms with van der Waals surface area (Å²) in [5.74, 6) is -0.530. The van der Waals surface area contributed by atoms with Crippen LogP contribution in [0, 0.1) is 11.6 Å². The summed E-state index contributed by atoms with van der Waals surface area (Å²) in [5.41, 5.74) is 1.66. The third kappa shape index (κ3) is 3.48. The SMILES string of the molecule is Fc1ccc(CN2CCCCC2c2nnc(-c3ccsc3)o2)cc1F. The zero-order chi connectivity index (χ0) is 17.2. The minimum atomic E-state index is -0.823. The van der Waals surface area contributed by atoms with E-state index < -0.39 is 11.6 Å². The minimum Gasteiger partial charge on any atom is -0.419 e. The Morgan fingerprint density at radius 3 is 2.88 bits per heavy atom. The molecule has 7 heteroatoms.